The van der Waals surface area contributed by atoms with Crippen LogP contribution in [0.5, 0.6) is 0 Å². The summed E-state index contributed by atoms with van der Waals surface area (Å²) in [6.45, 7) is 5.95. The molecule has 3 heterocycles. The molecular weight excluding hydrogens is 326 g/mol. The number of hydrogen-bond acceptors (Lipinski definition) is 7. The number of nitrogens with zero attached hydrogens (tertiary/aromatic N) is 4. The van der Waals surface area contributed by atoms with Crippen LogP contribution in [-0.4, -0.2) is 38.4 Å². The van der Waals surface area contributed by atoms with Gasteiger partial charge in [0.15, 0.2) is 11.5 Å². The Morgan fingerprint density at radius 1 is 1.33 bits per heavy atom. The third-order valence-electron chi connectivity index (χ3n) is 3.83. The molecule has 0 amide bonds. The molecule has 0 bridgehead atoms. The highest BCUT2D eigenvalue weighted by molar-refractivity contribution is 7.08. The number of nitrogens with one attached hydrogen (secondary N) is 1. The molecule has 0 spiro atoms. The van der Waals surface area contributed by atoms with Crippen molar-refractivity contribution in [1.29, 1.82) is 0 Å². The number of anilines is 1. The van der Waals surface area contributed by atoms with Crippen LogP contribution in [0.25, 0.3) is 17.0 Å². The lowest BCUT2D eigenvalue weighted by Crippen LogP contribution is -2.31. The Hall–Kier alpha value is -2.48. The zero-order chi connectivity index (χ0) is 17.1. The summed E-state index contributed by atoms with van der Waals surface area (Å²) in [5.74, 6) is 0.852. The van der Waals surface area contributed by atoms with Crippen molar-refractivity contribution in [3.8, 4) is 11.4 Å². The van der Waals surface area contributed by atoms with Crippen LogP contribution in [0.1, 0.15) is 20.8 Å². The van der Waals surface area contributed by atoms with Crippen molar-refractivity contribution in [2.75, 3.05) is 11.9 Å². The zero-order valence-corrected chi connectivity index (χ0v) is 14.6. The molecular formula is C16H19N5O2S. The van der Waals surface area contributed by atoms with Gasteiger partial charge >= 0.3 is 5.97 Å². The molecule has 1 N–H and O–H groups in total. The van der Waals surface area contributed by atoms with E-state index in [9.17, 15) is 4.79 Å². The van der Waals surface area contributed by atoms with Crippen molar-refractivity contribution in [2.24, 2.45) is 5.92 Å². The van der Waals surface area contributed by atoms with E-state index in [1.165, 1.54) is 0 Å². The molecule has 126 valence electrons. The van der Waals surface area contributed by atoms with Crippen LogP contribution in [0.4, 0.5) is 5.82 Å². The molecule has 0 aliphatic rings. The Kier molecular flexibility index (Phi) is 4.75. The van der Waals surface area contributed by atoms with E-state index in [4.69, 9.17) is 4.74 Å². The first kappa shape index (κ1) is 16.4. The molecule has 0 unspecified atom stereocenters. The SMILES string of the molecule is CCOC(=O)[C@@H](C)[C@@H](C)Nc1ccc2nnc(-c3ccsc3)n2n1. The molecule has 3 rings (SSSR count). The Labute approximate surface area is 143 Å². The van der Waals surface area contributed by atoms with Crippen molar-refractivity contribution in [3.63, 3.8) is 0 Å². The van der Waals surface area contributed by atoms with Crippen LogP contribution >= 0.6 is 11.3 Å². The third-order valence-corrected chi connectivity index (χ3v) is 4.51. The number of rotatable bonds is 6. The summed E-state index contributed by atoms with van der Waals surface area (Å²) in [5.41, 5.74) is 1.65. The van der Waals surface area contributed by atoms with Gasteiger partial charge in [-0.1, -0.05) is 0 Å². The summed E-state index contributed by atoms with van der Waals surface area (Å²) in [4.78, 5) is 11.8. The van der Waals surface area contributed by atoms with E-state index in [0.717, 1.165) is 5.56 Å². The monoisotopic (exact) mass is 345 g/mol. The average molecular weight is 345 g/mol. The summed E-state index contributed by atoms with van der Waals surface area (Å²) in [5, 5.41) is 20.1. The number of carbonyl (C=O) groups is 1. The number of thiophene rings is 1. The molecule has 0 aliphatic carbocycles. The van der Waals surface area contributed by atoms with Gasteiger partial charge in [0, 0.05) is 17.0 Å². The zero-order valence-electron chi connectivity index (χ0n) is 13.8. The third kappa shape index (κ3) is 3.23. The van der Waals surface area contributed by atoms with Gasteiger partial charge in [-0.05, 0) is 44.4 Å². The topological polar surface area (TPSA) is 81.4 Å². The molecule has 0 saturated heterocycles. The van der Waals surface area contributed by atoms with Crippen molar-refractivity contribution in [3.05, 3.63) is 29.0 Å². The summed E-state index contributed by atoms with van der Waals surface area (Å²) in [6.07, 6.45) is 0. The number of carbonyl (C=O) groups excluding carboxylic acids is 1. The number of ether oxygens (including phenoxy) is 1. The highest BCUT2D eigenvalue weighted by Gasteiger charge is 2.22. The molecule has 0 saturated carbocycles. The van der Waals surface area contributed by atoms with Gasteiger partial charge in [-0.15, -0.1) is 15.3 Å². The summed E-state index contributed by atoms with van der Waals surface area (Å²) in [7, 11) is 0. The van der Waals surface area contributed by atoms with Crippen molar-refractivity contribution < 1.29 is 9.53 Å². The van der Waals surface area contributed by atoms with Gasteiger partial charge in [0.1, 0.15) is 5.82 Å². The second-order valence-electron chi connectivity index (χ2n) is 5.50. The van der Waals surface area contributed by atoms with Crippen molar-refractivity contribution in [1.82, 2.24) is 19.8 Å². The van der Waals surface area contributed by atoms with Crippen LogP contribution in [0.15, 0.2) is 29.0 Å². The van der Waals surface area contributed by atoms with Gasteiger partial charge in [0.05, 0.1) is 12.5 Å². The summed E-state index contributed by atoms with van der Waals surface area (Å²) in [6, 6.07) is 5.54. The van der Waals surface area contributed by atoms with Gasteiger partial charge < -0.3 is 10.1 Å². The molecule has 2 atom stereocenters. The normalized spacial score (nSPS) is 13.6. The maximum absolute atomic E-state index is 11.8. The minimum Gasteiger partial charge on any atom is -0.466 e. The lowest BCUT2D eigenvalue weighted by Gasteiger charge is -2.20. The Morgan fingerprint density at radius 3 is 2.88 bits per heavy atom. The number of hydrogen-bond donors (Lipinski definition) is 1. The van der Waals surface area contributed by atoms with E-state index in [2.05, 4.69) is 20.6 Å². The van der Waals surface area contributed by atoms with Crippen LogP contribution in [0, 0.1) is 5.92 Å². The first-order valence-corrected chi connectivity index (χ1v) is 8.72. The molecule has 0 radical (unpaired) electrons. The smallest absolute Gasteiger partial charge is 0.310 e. The molecule has 3 aromatic rings. The predicted octanol–water partition coefficient (Wildman–Crippen LogP) is 2.85. The average Bonchev–Trinajstić information content (AvgIpc) is 3.22. The summed E-state index contributed by atoms with van der Waals surface area (Å²) >= 11 is 1.60. The minimum atomic E-state index is -0.278. The van der Waals surface area contributed by atoms with Crippen LogP contribution < -0.4 is 5.32 Å². The van der Waals surface area contributed by atoms with Gasteiger partial charge in [-0.2, -0.15) is 15.9 Å². The van der Waals surface area contributed by atoms with E-state index in [-0.39, 0.29) is 17.9 Å². The van der Waals surface area contributed by atoms with Crippen molar-refractivity contribution in [2.45, 2.75) is 26.8 Å². The van der Waals surface area contributed by atoms with Gasteiger partial charge in [-0.25, -0.2) is 0 Å². The molecule has 8 heteroatoms. The highest BCUT2D eigenvalue weighted by Crippen LogP contribution is 2.21. The molecule has 0 aromatic carbocycles. The quantitative estimate of drug-likeness (QED) is 0.692. The Bertz CT molecular complexity index is 830. The first-order valence-electron chi connectivity index (χ1n) is 7.78. The van der Waals surface area contributed by atoms with Crippen LogP contribution in [0.2, 0.25) is 0 Å². The summed E-state index contributed by atoms with van der Waals surface area (Å²) < 4.78 is 6.77. The minimum absolute atomic E-state index is 0.116. The van der Waals surface area contributed by atoms with E-state index in [1.54, 1.807) is 22.8 Å². The largest absolute Gasteiger partial charge is 0.466 e. The lowest BCUT2D eigenvalue weighted by molar-refractivity contribution is -0.147. The number of esters is 1. The Balaban J connectivity index is 1.83. The molecule has 7 nitrogen and oxygen atoms in total. The predicted molar refractivity (Wildman–Crippen MR) is 93.0 cm³/mol. The highest BCUT2D eigenvalue weighted by atomic mass is 32.1. The van der Waals surface area contributed by atoms with Gasteiger partial charge in [-0.3, -0.25) is 4.79 Å². The number of fused-ring (bicyclic) bond motifs is 1. The van der Waals surface area contributed by atoms with Crippen LogP contribution in [-0.2, 0) is 9.53 Å². The lowest BCUT2D eigenvalue weighted by atomic mass is 10.0. The van der Waals surface area contributed by atoms with E-state index in [1.807, 2.05) is 42.8 Å². The first-order chi connectivity index (χ1) is 11.6. The maximum atomic E-state index is 11.8. The second-order valence-corrected chi connectivity index (χ2v) is 6.28. The van der Waals surface area contributed by atoms with E-state index < -0.39 is 0 Å². The molecule has 0 fully saturated rings. The van der Waals surface area contributed by atoms with E-state index in [0.29, 0.717) is 23.9 Å². The van der Waals surface area contributed by atoms with Gasteiger partial charge in [0.25, 0.3) is 0 Å². The fraction of sp³-hybridized carbons (Fsp3) is 0.375. The van der Waals surface area contributed by atoms with Gasteiger partial charge in [0.2, 0.25) is 0 Å². The Morgan fingerprint density at radius 2 is 2.17 bits per heavy atom. The fourth-order valence-electron chi connectivity index (χ4n) is 2.27. The standard InChI is InChI=1S/C16H19N5O2S/c1-4-23-16(22)10(2)11(3)17-13-5-6-14-18-19-15(21(14)20-13)12-7-8-24-9-12/h5-11H,4H2,1-3H3,(H,17,20)/t10-,11+/m0/s1. The molecule has 24 heavy (non-hydrogen) atoms. The molecule has 3 aromatic heterocycles. The number of aromatic nitrogens is 4. The van der Waals surface area contributed by atoms with Crippen LogP contribution in [0.3, 0.4) is 0 Å². The fourth-order valence-corrected chi connectivity index (χ4v) is 2.91. The van der Waals surface area contributed by atoms with E-state index >= 15 is 0 Å². The molecule has 0 aliphatic heterocycles. The maximum Gasteiger partial charge on any atom is 0.310 e. The van der Waals surface area contributed by atoms with Crippen molar-refractivity contribution >= 4 is 28.8 Å². The second kappa shape index (κ2) is 6.96.